The first kappa shape index (κ1) is 21.8. The molecule has 0 unspecified atom stereocenters. The molecule has 1 aromatic heterocycles. The topological polar surface area (TPSA) is 91.8 Å². The molecule has 0 fully saturated rings. The molecule has 0 aliphatic heterocycles. The summed E-state index contributed by atoms with van der Waals surface area (Å²) >= 11 is 0. The summed E-state index contributed by atoms with van der Waals surface area (Å²) in [6.07, 6.45) is 5.87. The van der Waals surface area contributed by atoms with Crippen LogP contribution in [-0.2, 0) is 29.6 Å². The number of hydrogen-bond acceptors (Lipinski definition) is 5. The molecule has 0 saturated heterocycles. The van der Waals surface area contributed by atoms with Gasteiger partial charge < -0.3 is 4.55 Å². The van der Waals surface area contributed by atoms with E-state index in [-0.39, 0.29) is 0 Å². The van der Waals surface area contributed by atoms with Crippen LogP contribution in [0.3, 0.4) is 0 Å². The van der Waals surface area contributed by atoms with Crippen LogP contribution in [0.4, 0.5) is 13.2 Å². The molecule has 1 heterocycles. The molecule has 0 N–H and O–H groups in total. The molecule has 0 spiro atoms. The van der Waals surface area contributed by atoms with Gasteiger partial charge in [-0.3, -0.25) is 0 Å². The normalized spacial score (nSPS) is 12.0. The lowest BCUT2D eigenvalue weighted by molar-refractivity contribution is -0.762. The maximum atomic E-state index is 10.7. The zero-order valence-electron chi connectivity index (χ0n) is 13.5. The number of unbranched alkanes of at least 4 members (excludes halogenated alkanes) is 2. The van der Waals surface area contributed by atoms with Gasteiger partial charge in [-0.2, -0.15) is 13.2 Å². The molecule has 0 atom stereocenters. The monoisotopic (exact) mass is 360 g/mol. The Hall–Kier alpha value is -1.23. The molecule has 23 heavy (non-hydrogen) atoms. The van der Waals surface area contributed by atoms with Crippen molar-refractivity contribution < 1.29 is 30.8 Å². The molecule has 0 aliphatic carbocycles. The molecule has 11 heteroatoms. The number of halogens is 3. The van der Waals surface area contributed by atoms with Gasteiger partial charge in [0.05, 0.1) is 16.9 Å². The number of aryl methyl sites for hydroxylation is 3. The van der Waals surface area contributed by atoms with Gasteiger partial charge in [-0.1, -0.05) is 26.7 Å². The van der Waals surface area contributed by atoms with E-state index in [2.05, 4.69) is 35.8 Å². The first-order valence-electron chi connectivity index (χ1n) is 7.43. The largest absolute Gasteiger partial charge is 0.741 e. The van der Waals surface area contributed by atoms with Gasteiger partial charge in [-0.05, 0) is 24.6 Å². The third kappa shape index (κ3) is 8.26. The van der Waals surface area contributed by atoms with E-state index in [0.29, 0.717) is 0 Å². The van der Waals surface area contributed by atoms with Gasteiger partial charge in [-0.25, -0.2) is 8.42 Å². The summed E-state index contributed by atoms with van der Waals surface area (Å²) < 4.78 is 61.0. The highest BCUT2D eigenvalue weighted by molar-refractivity contribution is 7.86. The van der Waals surface area contributed by atoms with Crippen LogP contribution in [0.1, 0.15) is 52.3 Å². The Kier molecular flexibility index (Phi) is 9.28. The van der Waals surface area contributed by atoms with E-state index >= 15 is 0 Å². The minimum atomic E-state index is -6.09. The van der Waals surface area contributed by atoms with E-state index in [9.17, 15) is 13.2 Å². The Bertz CT molecular complexity index is 533. The van der Waals surface area contributed by atoms with E-state index in [1.54, 1.807) is 4.80 Å². The van der Waals surface area contributed by atoms with Crippen LogP contribution < -0.4 is 4.68 Å². The minimum absolute atomic E-state index is 0.859. The lowest BCUT2D eigenvalue weighted by Gasteiger charge is -2.08. The van der Waals surface area contributed by atoms with Gasteiger partial charge in [-0.15, -0.1) is 4.68 Å². The third-order valence-corrected chi connectivity index (χ3v) is 3.35. The smallest absolute Gasteiger partial charge is 0.485 e. The van der Waals surface area contributed by atoms with Crippen LogP contribution in [0.25, 0.3) is 0 Å². The first-order chi connectivity index (χ1) is 10.6. The highest BCUT2D eigenvalue weighted by Crippen LogP contribution is 2.20. The van der Waals surface area contributed by atoms with Crippen LogP contribution in [0.5, 0.6) is 0 Å². The molecule has 1 aromatic rings. The van der Waals surface area contributed by atoms with Crippen molar-refractivity contribution in [1.82, 2.24) is 15.1 Å². The van der Waals surface area contributed by atoms with E-state index in [0.717, 1.165) is 25.3 Å². The number of rotatable bonds is 7. The predicted octanol–water partition coefficient (Wildman–Crippen LogP) is 1.78. The van der Waals surface area contributed by atoms with Crippen molar-refractivity contribution in [3.05, 3.63) is 5.82 Å². The summed E-state index contributed by atoms with van der Waals surface area (Å²) in [6, 6.07) is 0. The summed E-state index contributed by atoms with van der Waals surface area (Å²) in [5.74, 6) is 1.15. The molecule has 7 nitrogen and oxygen atoms in total. The van der Waals surface area contributed by atoms with Gasteiger partial charge in [0.15, 0.2) is 10.1 Å². The number of aromatic nitrogens is 4. The van der Waals surface area contributed by atoms with Gasteiger partial charge in [0.25, 0.3) is 5.82 Å². The predicted molar refractivity (Wildman–Crippen MR) is 75.2 cm³/mol. The lowest BCUT2D eigenvalue weighted by atomic mass is 10.2. The van der Waals surface area contributed by atoms with E-state index in [4.69, 9.17) is 13.0 Å². The summed E-state index contributed by atoms with van der Waals surface area (Å²) in [4.78, 5) is 1.79. The van der Waals surface area contributed by atoms with Crippen LogP contribution in [0.15, 0.2) is 0 Å². The maximum Gasteiger partial charge on any atom is 0.485 e. The number of hydrogen-bond donors (Lipinski definition) is 0. The third-order valence-electron chi connectivity index (χ3n) is 2.78. The van der Waals surface area contributed by atoms with Crippen LogP contribution >= 0.6 is 0 Å². The van der Waals surface area contributed by atoms with E-state index < -0.39 is 15.6 Å². The zero-order chi connectivity index (χ0) is 18.1. The second-order valence-electron chi connectivity index (χ2n) is 4.77. The van der Waals surface area contributed by atoms with Crippen molar-refractivity contribution in [3.8, 4) is 0 Å². The van der Waals surface area contributed by atoms with Gasteiger partial charge in [0, 0.05) is 6.42 Å². The summed E-state index contributed by atoms with van der Waals surface area (Å²) in [6.45, 7) is 8.36. The molecule has 0 aromatic carbocycles. The van der Waals surface area contributed by atoms with Crippen LogP contribution in [0.2, 0.25) is 0 Å². The summed E-state index contributed by atoms with van der Waals surface area (Å²) in [5.41, 5.74) is -5.65. The standard InChI is InChI=1S/C11H23N4.CHF3O3S/c1-4-7-9-11-12-15(6-3)13-14(11)10-8-5-2;2-1(3,4)8(5,6)7/h4-10H2,1-3H3;(H,5,6,7)/q+1;/p-1. The highest BCUT2D eigenvalue weighted by atomic mass is 32.2. The molecular formula is C12H23F3N4O3S. The van der Waals surface area contributed by atoms with Crippen molar-refractivity contribution in [2.24, 2.45) is 0 Å². The number of tetrazole rings is 1. The van der Waals surface area contributed by atoms with Gasteiger partial charge in [0.2, 0.25) is 0 Å². The fourth-order valence-corrected chi connectivity index (χ4v) is 1.51. The molecule has 1 rings (SSSR count). The van der Waals surface area contributed by atoms with Crippen molar-refractivity contribution in [2.75, 3.05) is 0 Å². The highest BCUT2D eigenvalue weighted by Gasteiger charge is 2.36. The second-order valence-corrected chi connectivity index (χ2v) is 6.15. The maximum absolute atomic E-state index is 10.7. The van der Waals surface area contributed by atoms with Crippen molar-refractivity contribution in [1.29, 1.82) is 0 Å². The zero-order valence-corrected chi connectivity index (χ0v) is 14.3. The quantitative estimate of drug-likeness (QED) is 0.420. The minimum Gasteiger partial charge on any atom is -0.741 e. The van der Waals surface area contributed by atoms with Crippen molar-refractivity contribution in [3.63, 3.8) is 0 Å². The Balaban J connectivity index is 0.000000515. The number of alkyl halides is 3. The Morgan fingerprint density at radius 3 is 2.09 bits per heavy atom. The molecule has 0 radical (unpaired) electrons. The lowest BCUT2D eigenvalue weighted by Crippen LogP contribution is -2.40. The average Bonchev–Trinajstić information content (AvgIpc) is 2.83. The van der Waals surface area contributed by atoms with Gasteiger partial charge in [0.1, 0.15) is 6.54 Å². The summed E-state index contributed by atoms with van der Waals surface area (Å²) in [7, 11) is -6.09. The fraction of sp³-hybridized carbons (Fsp3) is 0.917. The average molecular weight is 360 g/mol. The molecular weight excluding hydrogens is 337 g/mol. The Morgan fingerprint density at radius 1 is 1.17 bits per heavy atom. The van der Waals surface area contributed by atoms with E-state index in [1.165, 1.54) is 25.7 Å². The molecule has 136 valence electrons. The molecule has 0 bridgehead atoms. The SMILES string of the molecule is CCCCc1nn(CC)n[n+]1CCCC.O=S(=O)([O-])C(F)(F)F. The molecule has 0 amide bonds. The van der Waals surface area contributed by atoms with Crippen LogP contribution in [-0.4, -0.2) is 33.6 Å². The number of nitrogens with zero attached hydrogens (tertiary/aromatic N) is 4. The van der Waals surface area contributed by atoms with Crippen molar-refractivity contribution >= 4 is 10.1 Å². The first-order valence-corrected chi connectivity index (χ1v) is 8.83. The molecule has 0 aliphatic rings. The Labute approximate surface area is 134 Å². The van der Waals surface area contributed by atoms with Gasteiger partial charge >= 0.3 is 5.51 Å². The van der Waals surface area contributed by atoms with Crippen LogP contribution in [0, 0.1) is 0 Å². The second kappa shape index (κ2) is 9.81. The Morgan fingerprint density at radius 2 is 1.70 bits per heavy atom. The molecule has 0 saturated carbocycles. The fourth-order valence-electron chi connectivity index (χ4n) is 1.51. The summed E-state index contributed by atoms with van der Waals surface area (Å²) in [5, 5.41) is 8.93. The van der Waals surface area contributed by atoms with Crippen molar-refractivity contribution in [2.45, 2.75) is 71.5 Å². The van der Waals surface area contributed by atoms with E-state index in [1.807, 2.05) is 0 Å².